The van der Waals surface area contributed by atoms with E-state index in [0.717, 1.165) is 11.3 Å². The van der Waals surface area contributed by atoms with Gasteiger partial charge in [-0.15, -0.1) is 0 Å². The first kappa shape index (κ1) is 16.8. The van der Waals surface area contributed by atoms with Crippen molar-refractivity contribution in [2.45, 2.75) is 25.8 Å². The van der Waals surface area contributed by atoms with Gasteiger partial charge in [0.05, 0.1) is 11.7 Å². The highest BCUT2D eigenvalue weighted by molar-refractivity contribution is 5.76. The summed E-state index contributed by atoms with van der Waals surface area (Å²) in [4.78, 5) is 26.5. The zero-order valence-electron chi connectivity index (χ0n) is 14.2. The second-order valence-electron chi connectivity index (χ2n) is 5.69. The van der Waals surface area contributed by atoms with Crippen LogP contribution in [0.2, 0.25) is 0 Å². The fourth-order valence-corrected chi connectivity index (χ4v) is 2.41. The van der Waals surface area contributed by atoms with Gasteiger partial charge in [-0.3, -0.25) is 4.79 Å². The van der Waals surface area contributed by atoms with Crippen molar-refractivity contribution >= 4 is 5.91 Å². The Morgan fingerprint density at radius 3 is 2.76 bits per heavy atom. The molecule has 0 fully saturated rings. The van der Waals surface area contributed by atoms with Crippen molar-refractivity contribution in [3.63, 3.8) is 0 Å². The Bertz CT molecular complexity index is 820. The van der Waals surface area contributed by atoms with Gasteiger partial charge in [0.25, 0.3) is 0 Å². The molecule has 0 unspecified atom stereocenters. The van der Waals surface area contributed by atoms with Crippen LogP contribution in [0, 0.1) is 0 Å². The summed E-state index contributed by atoms with van der Waals surface area (Å²) < 4.78 is 5.24. The molecule has 1 atom stereocenters. The molecule has 25 heavy (non-hydrogen) atoms. The lowest BCUT2D eigenvalue weighted by molar-refractivity contribution is -0.131. The maximum absolute atomic E-state index is 12.4. The molecule has 2 aromatic heterocycles. The average molecular weight is 337 g/mol. The fraction of sp³-hybridized carbons (Fsp3) is 0.278. The van der Waals surface area contributed by atoms with Gasteiger partial charge in [-0.25, -0.2) is 9.97 Å². The number of nitrogens with zero attached hydrogens (tertiary/aromatic N) is 5. The van der Waals surface area contributed by atoms with E-state index in [9.17, 15) is 4.79 Å². The molecule has 0 bridgehead atoms. The van der Waals surface area contributed by atoms with E-state index in [0.29, 0.717) is 24.6 Å². The fourth-order valence-electron chi connectivity index (χ4n) is 2.41. The van der Waals surface area contributed by atoms with E-state index >= 15 is 0 Å². The summed E-state index contributed by atoms with van der Waals surface area (Å²) in [5.74, 6) is 0.978. The van der Waals surface area contributed by atoms with Gasteiger partial charge in [0.2, 0.25) is 17.6 Å². The summed E-state index contributed by atoms with van der Waals surface area (Å²) in [7, 11) is 1.76. The summed E-state index contributed by atoms with van der Waals surface area (Å²) in [6.45, 7) is 1.93. The van der Waals surface area contributed by atoms with Crippen molar-refractivity contribution in [1.29, 1.82) is 0 Å². The van der Waals surface area contributed by atoms with E-state index < -0.39 is 0 Å². The molecule has 0 radical (unpaired) electrons. The van der Waals surface area contributed by atoms with E-state index in [1.807, 2.05) is 37.3 Å². The van der Waals surface area contributed by atoms with E-state index in [4.69, 9.17) is 4.52 Å². The van der Waals surface area contributed by atoms with Crippen molar-refractivity contribution in [1.82, 2.24) is 25.0 Å². The predicted molar refractivity (Wildman–Crippen MR) is 91.3 cm³/mol. The van der Waals surface area contributed by atoms with Gasteiger partial charge in [-0.05, 0) is 13.0 Å². The molecule has 1 aromatic carbocycles. The van der Waals surface area contributed by atoms with E-state index in [2.05, 4.69) is 20.1 Å². The number of benzene rings is 1. The summed E-state index contributed by atoms with van der Waals surface area (Å²) in [6, 6.07) is 11.3. The molecule has 7 heteroatoms. The number of rotatable bonds is 6. The number of aromatic nitrogens is 4. The third-order valence-electron chi connectivity index (χ3n) is 4.06. The first-order valence-corrected chi connectivity index (χ1v) is 8.04. The van der Waals surface area contributed by atoms with Crippen LogP contribution in [0.15, 0.2) is 53.4 Å². The largest absolute Gasteiger partial charge is 0.339 e. The molecule has 2 heterocycles. The maximum atomic E-state index is 12.4. The van der Waals surface area contributed by atoms with E-state index in [1.165, 1.54) is 6.33 Å². The quantitative estimate of drug-likeness (QED) is 0.687. The molecule has 0 spiro atoms. The lowest BCUT2D eigenvalue weighted by atomic mass is 10.2. The molecule has 0 saturated carbocycles. The molecule has 1 amide bonds. The molecule has 7 nitrogen and oxygen atoms in total. The van der Waals surface area contributed by atoms with Crippen LogP contribution in [0.4, 0.5) is 0 Å². The minimum absolute atomic E-state index is 0.00873. The van der Waals surface area contributed by atoms with Gasteiger partial charge >= 0.3 is 0 Å². The van der Waals surface area contributed by atoms with Crippen molar-refractivity contribution in [3.05, 3.63) is 60.5 Å². The summed E-state index contributed by atoms with van der Waals surface area (Å²) >= 11 is 0. The van der Waals surface area contributed by atoms with Crippen molar-refractivity contribution in [2.75, 3.05) is 7.05 Å². The average Bonchev–Trinajstić information content (AvgIpc) is 3.15. The Morgan fingerprint density at radius 2 is 2.04 bits per heavy atom. The Morgan fingerprint density at radius 1 is 1.24 bits per heavy atom. The Kier molecular flexibility index (Phi) is 5.13. The van der Waals surface area contributed by atoms with Crippen LogP contribution in [0.5, 0.6) is 0 Å². The number of hydrogen-bond acceptors (Lipinski definition) is 6. The number of carbonyl (C=O) groups excluding carboxylic acids is 1. The van der Waals surface area contributed by atoms with E-state index in [-0.39, 0.29) is 11.9 Å². The third kappa shape index (κ3) is 4.06. The van der Waals surface area contributed by atoms with Gasteiger partial charge in [0.15, 0.2) is 0 Å². The van der Waals surface area contributed by atoms with Crippen LogP contribution in [-0.4, -0.2) is 38.0 Å². The molecule has 3 aromatic rings. The minimum atomic E-state index is -0.127. The molecule has 3 rings (SSSR count). The summed E-state index contributed by atoms with van der Waals surface area (Å²) in [5.41, 5.74) is 1.69. The first-order chi connectivity index (χ1) is 12.1. The SMILES string of the molecule is C[C@H](c1ccncn1)N(C)C(=O)CCc1nc(-c2ccccc2)no1. The molecule has 128 valence electrons. The minimum Gasteiger partial charge on any atom is -0.339 e. The van der Waals surface area contributed by atoms with Gasteiger partial charge in [0, 0.05) is 31.6 Å². The zero-order valence-corrected chi connectivity index (χ0v) is 14.2. The third-order valence-corrected chi connectivity index (χ3v) is 4.06. The summed E-state index contributed by atoms with van der Waals surface area (Å²) in [5, 5.41) is 3.96. The number of amides is 1. The number of carbonyl (C=O) groups is 1. The van der Waals surface area contributed by atoms with Crippen molar-refractivity contribution in [3.8, 4) is 11.4 Å². The molecular weight excluding hydrogens is 318 g/mol. The standard InChI is InChI=1S/C18H19N5O2/c1-13(15-10-11-19-12-20-15)23(2)17(24)9-8-16-21-18(22-25-16)14-6-4-3-5-7-14/h3-7,10-13H,8-9H2,1-2H3/t13-/m1/s1. The first-order valence-electron chi connectivity index (χ1n) is 8.04. The van der Waals surface area contributed by atoms with Crippen LogP contribution in [0.1, 0.15) is 31.0 Å². The normalized spacial score (nSPS) is 11.9. The maximum Gasteiger partial charge on any atom is 0.227 e. The van der Waals surface area contributed by atoms with Crippen LogP contribution < -0.4 is 0 Å². The van der Waals surface area contributed by atoms with E-state index in [1.54, 1.807) is 24.2 Å². The number of hydrogen-bond donors (Lipinski definition) is 0. The lowest BCUT2D eigenvalue weighted by Crippen LogP contribution is -2.30. The molecule has 0 aliphatic rings. The highest BCUT2D eigenvalue weighted by Gasteiger charge is 2.19. The van der Waals surface area contributed by atoms with Crippen LogP contribution in [0.3, 0.4) is 0 Å². The zero-order chi connectivity index (χ0) is 17.6. The molecule has 0 aliphatic carbocycles. The summed E-state index contributed by atoms with van der Waals surface area (Å²) in [6.07, 6.45) is 3.84. The smallest absolute Gasteiger partial charge is 0.227 e. The van der Waals surface area contributed by atoms with Gasteiger partial charge < -0.3 is 9.42 Å². The van der Waals surface area contributed by atoms with Crippen LogP contribution in [0.25, 0.3) is 11.4 Å². The predicted octanol–water partition coefficient (Wildman–Crippen LogP) is 2.68. The topological polar surface area (TPSA) is 85.0 Å². The Balaban J connectivity index is 1.58. The number of aryl methyl sites for hydroxylation is 1. The Labute approximate surface area is 145 Å². The van der Waals surface area contributed by atoms with Gasteiger partial charge in [0.1, 0.15) is 6.33 Å². The second kappa shape index (κ2) is 7.65. The van der Waals surface area contributed by atoms with Crippen molar-refractivity contribution < 1.29 is 9.32 Å². The van der Waals surface area contributed by atoms with Crippen LogP contribution in [-0.2, 0) is 11.2 Å². The highest BCUT2D eigenvalue weighted by Crippen LogP contribution is 2.18. The van der Waals surface area contributed by atoms with Crippen LogP contribution >= 0.6 is 0 Å². The molecule has 0 aliphatic heterocycles. The second-order valence-corrected chi connectivity index (χ2v) is 5.69. The lowest BCUT2D eigenvalue weighted by Gasteiger charge is -2.24. The molecular formula is C18H19N5O2. The Hall–Kier alpha value is -3.09. The van der Waals surface area contributed by atoms with Gasteiger partial charge in [-0.2, -0.15) is 4.98 Å². The molecule has 0 N–H and O–H groups in total. The monoisotopic (exact) mass is 337 g/mol. The highest BCUT2D eigenvalue weighted by atomic mass is 16.5. The van der Waals surface area contributed by atoms with Gasteiger partial charge in [-0.1, -0.05) is 35.5 Å². The molecule has 0 saturated heterocycles. The van der Waals surface area contributed by atoms with Crippen molar-refractivity contribution in [2.24, 2.45) is 0 Å².